The molecule has 6 rings (SSSR count). The van der Waals surface area contributed by atoms with Crippen molar-refractivity contribution >= 4 is 31.9 Å². The van der Waals surface area contributed by atoms with Crippen molar-refractivity contribution in [3.63, 3.8) is 0 Å². The van der Waals surface area contributed by atoms with Crippen LogP contribution in [0.3, 0.4) is 0 Å². The molecule has 4 heterocycles. The van der Waals surface area contributed by atoms with E-state index in [2.05, 4.69) is 31.9 Å². The second kappa shape index (κ2) is 3.71. The molecule has 0 radical (unpaired) electrons. The number of epoxide rings is 4. The Morgan fingerprint density at radius 3 is 1.44 bits per heavy atom. The highest BCUT2D eigenvalue weighted by atomic mass is 79.9. The Balaban J connectivity index is 0.0000000896. The van der Waals surface area contributed by atoms with E-state index in [9.17, 15) is 0 Å². The number of hydrogen-bond acceptors (Lipinski definition) is 4. The zero-order chi connectivity index (χ0) is 12.0. The Morgan fingerprint density at radius 2 is 1.00 bits per heavy atom. The zero-order valence-corrected chi connectivity index (χ0v) is 12.7. The van der Waals surface area contributed by atoms with Crippen LogP contribution in [0, 0.1) is 0 Å². The van der Waals surface area contributed by atoms with Crippen molar-refractivity contribution in [3.05, 3.63) is 0 Å². The molecule has 0 aromatic rings. The third-order valence-corrected chi connectivity index (χ3v) is 6.43. The molecule has 2 saturated carbocycles. The quantitative estimate of drug-likeness (QED) is 0.469. The van der Waals surface area contributed by atoms with Crippen LogP contribution in [0.1, 0.15) is 12.8 Å². The minimum Gasteiger partial charge on any atom is -0.367 e. The molecule has 100 valence electrons. The monoisotopic (exact) mass is 380 g/mol. The summed E-state index contributed by atoms with van der Waals surface area (Å²) in [6.07, 6.45) is 6.16. The third-order valence-electron chi connectivity index (χ3n) is 4.64. The predicted octanol–water partition coefficient (Wildman–Crippen LogP) is 1.38. The van der Waals surface area contributed by atoms with Gasteiger partial charge in [0.1, 0.15) is 24.4 Å². The van der Waals surface area contributed by atoms with Gasteiger partial charge < -0.3 is 18.9 Å². The van der Waals surface area contributed by atoms with Crippen LogP contribution in [0.4, 0.5) is 0 Å². The van der Waals surface area contributed by atoms with Gasteiger partial charge in [-0.25, -0.2) is 0 Å². The SMILES string of the molecule is BrC1CC2OC2C2OC12.BrC1CC2OC2C2OC12. The largest absolute Gasteiger partial charge is 0.367 e. The summed E-state index contributed by atoms with van der Waals surface area (Å²) in [5.74, 6) is 0. The molecule has 6 heteroatoms. The lowest BCUT2D eigenvalue weighted by molar-refractivity contribution is 0.293. The van der Waals surface area contributed by atoms with E-state index >= 15 is 0 Å². The standard InChI is InChI=1S/2C6H7BrO2/c2*7-2-1-3-5(8-3)6-4(2)9-6/h2*2-6H,1H2. The van der Waals surface area contributed by atoms with Gasteiger partial charge in [0, 0.05) is 9.65 Å². The summed E-state index contributed by atoms with van der Waals surface area (Å²) in [6, 6.07) is 0. The summed E-state index contributed by atoms with van der Waals surface area (Å²) in [4.78, 5) is 1.12. The molecular weight excluding hydrogens is 368 g/mol. The van der Waals surface area contributed by atoms with Gasteiger partial charge >= 0.3 is 0 Å². The molecule has 2 aliphatic carbocycles. The van der Waals surface area contributed by atoms with Crippen molar-refractivity contribution in [2.24, 2.45) is 0 Å². The van der Waals surface area contributed by atoms with Crippen LogP contribution in [-0.2, 0) is 18.9 Å². The van der Waals surface area contributed by atoms with Gasteiger partial charge in [0.05, 0.1) is 24.4 Å². The predicted molar refractivity (Wildman–Crippen MR) is 69.3 cm³/mol. The molecule has 4 saturated heterocycles. The third kappa shape index (κ3) is 1.76. The summed E-state index contributed by atoms with van der Waals surface area (Å²) >= 11 is 7.11. The van der Waals surface area contributed by atoms with Gasteiger partial charge in [-0.05, 0) is 12.8 Å². The summed E-state index contributed by atoms with van der Waals surface area (Å²) < 4.78 is 21.4. The van der Waals surface area contributed by atoms with Crippen LogP contribution in [0.5, 0.6) is 0 Å². The first-order valence-corrected chi connectivity index (χ1v) is 8.45. The molecule has 4 aliphatic heterocycles. The van der Waals surface area contributed by atoms with E-state index in [0.29, 0.717) is 58.5 Å². The maximum Gasteiger partial charge on any atom is 0.114 e. The van der Waals surface area contributed by atoms with Gasteiger partial charge in [-0.3, -0.25) is 0 Å². The molecule has 6 fully saturated rings. The average molecular weight is 382 g/mol. The molecule has 10 unspecified atom stereocenters. The van der Waals surface area contributed by atoms with Gasteiger partial charge in [-0.2, -0.15) is 0 Å². The Bertz CT molecular complexity index is 349. The van der Waals surface area contributed by atoms with Crippen LogP contribution in [-0.4, -0.2) is 58.5 Å². The van der Waals surface area contributed by atoms with Crippen molar-refractivity contribution in [1.29, 1.82) is 0 Å². The number of alkyl halides is 2. The van der Waals surface area contributed by atoms with Crippen LogP contribution < -0.4 is 0 Å². The fourth-order valence-electron chi connectivity index (χ4n) is 3.37. The van der Waals surface area contributed by atoms with E-state index in [1.165, 1.54) is 0 Å². The summed E-state index contributed by atoms with van der Waals surface area (Å²) in [5, 5.41) is 0. The molecule has 18 heavy (non-hydrogen) atoms. The molecule has 0 N–H and O–H groups in total. The Morgan fingerprint density at radius 1 is 0.556 bits per heavy atom. The lowest BCUT2D eigenvalue weighted by Gasteiger charge is -2.05. The smallest absolute Gasteiger partial charge is 0.114 e. The molecule has 6 aliphatic rings. The fraction of sp³-hybridized carbons (Fsp3) is 1.00. The lowest BCUT2D eigenvalue weighted by Crippen LogP contribution is -2.22. The molecule has 10 atom stereocenters. The van der Waals surface area contributed by atoms with Gasteiger partial charge in [-0.15, -0.1) is 0 Å². The normalized spacial score (nSPS) is 68.3. The molecule has 0 aromatic carbocycles. The van der Waals surface area contributed by atoms with Crippen molar-refractivity contribution < 1.29 is 18.9 Å². The topological polar surface area (TPSA) is 50.1 Å². The zero-order valence-electron chi connectivity index (χ0n) is 9.58. The molecule has 0 spiro atoms. The van der Waals surface area contributed by atoms with E-state index in [1.54, 1.807) is 0 Å². The average Bonchev–Trinajstić information content (AvgIpc) is 3.11. The van der Waals surface area contributed by atoms with Crippen LogP contribution in [0.15, 0.2) is 0 Å². The van der Waals surface area contributed by atoms with E-state index < -0.39 is 0 Å². The van der Waals surface area contributed by atoms with Crippen LogP contribution in [0.2, 0.25) is 0 Å². The highest BCUT2D eigenvalue weighted by molar-refractivity contribution is 9.09. The fourth-order valence-corrected chi connectivity index (χ4v) is 4.95. The first-order chi connectivity index (χ1) is 8.72. The van der Waals surface area contributed by atoms with Gasteiger partial charge in [0.25, 0.3) is 0 Å². The van der Waals surface area contributed by atoms with Crippen LogP contribution >= 0.6 is 31.9 Å². The number of halogens is 2. The summed E-state index contributed by atoms with van der Waals surface area (Å²) in [7, 11) is 0. The number of fused-ring (bicyclic) bond motifs is 6. The number of rotatable bonds is 0. The minimum atomic E-state index is 0.452. The second-order valence-corrected chi connectivity index (χ2v) is 8.26. The van der Waals surface area contributed by atoms with Gasteiger partial charge in [-0.1, -0.05) is 31.9 Å². The highest BCUT2D eigenvalue weighted by Gasteiger charge is 2.65. The molecule has 0 bridgehead atoms. The van der Waals surface area contributed by atoms with Crippen LogP contribution in [0.25, 0.3) is 0 Å². The lowest BCUT2D eigenvalue weighted by atomic mass is 10.0. The maximum atomic E-state index is 5.37. The molecule has 0 aromatic heterocycles. The molecular formula is C12H14Br2O4. The van der Waals surface area contributed by atoms with Crippen molar-refractivity contribution in [2.45, 2.75) is 71.3 Å². The second-order valence-electron chi connectivity index (χ2n) is 5.91. The highest BCUT2D eigenvalue weighted by Crippen LogP contribution is 2.51. The number of hydrogen-bond donors (Lipinski definition) is 0. The summed E-state index contributed by atoms with van der Waals surface area (Å²) in [5.41, 5.74) is 0. The van der Waals surface area contributed by atoms with Gasteiger partial charge in [0.2, 0.25) is 0 Å². The number of ether oxygens (including phenoxy) is 4. The maximum absolute atomic E-state index is 5.37. The van der Waals surface area contributed by atoms with E-state index in [4.69, 9.17) is 18.9 Å². The Labute approximate surface area is 122 Å². The van der Waals surface area contributed by atoms with E-state index in [1.807, 2.05) is 0 Å². The van der Waals surface area contributed by atoms with Gasteiger partial charge in [0.15, 0.2) is 0 Å². The first kappa shape index (κ1) is 11.5. The molecule has 4 nitrogen and oxygen atoms in total. The van der Waals surface area contributed by atoms with E-state index in [-0.39, 0.29) is 0 Å². The van der Waals surface area contributed by atoms with E-state index in [0.717, 1.165) is 12.8 Å². The first-order valence-electron chi connectivity index (χ1n) is 6.62. The summed E-state index contributed by atoms with van der Waals surface area (Å²) in [6.45, 7) is 0. The van der Waals surface area contributed by atoms with Crippen molar-refractivity contribution in [3.8, 4) is 0 Å². The van der Waals surface area contributed by atoms with Crippen molar-refractivity contribution in [2.75, 3.05) is 0 Å². The van der Waals surface area contributed by atoms with Crippen molar-refractivity contribution in [1.82, 2.24) is 0 Å². The Hall–Kier alpha value is 0.800. The molecule has 0 amide bonds. The Kier molecular flexibility index (Phi) is 2.36. The minimum absolute atomic E-state index is 0.452.